The minimum Gasteiger partial charge on any atom is -0.371 e. The van der Waals surface area contributed by atoms with E-state index in [4.69, 9.17) is 4.98 Å². The van der Waals surface area contributed by atoms with Gasteiger partial charge in [0.15, 0.2) is 0 Å². The molecule has 2 aliphatic rings. The Morgan fingerprint density at radius 1 is 0.933 bits per heavy atom. The molecule has 0 aliphatic carbocycles. The first-order valence-corrected chi connectivity index (χ1v) is 10.8. The monoisotopic (exact) mass is 397 g/mol. The summed E-state index contributed by atoms with van der Waals surface area (Å²) in [4.78, 5) is 18.4. The first-order valence-electron chi connectivity index (χ1n) is 10.8. The normalized spacial score (nSPS) is 15.9. The molecule has 5 heteroatoms. The smallest absolute Gasteiger partial charge is 0.110 e. The fourth-order valence-electron chi connectivity index (χ4n) is 4.33. The molecular formula is C25H27N5. The highest BCUT2D eigenvalue weighted by atomic mass is 15.2. The maximum atomic E-state index is 4.70. The van der Waals surface area contributed by atoms with Crippen molar-refractivity contribution in [3.05, 3.63) is 71.7 Å². The molecule has 2 aromatic heterocycles. The molecule has 3 aromatic rings. The molecule has 0 spiro atoms. The zero-order valence-corrected chi connectivity index (χ0v) is 17.5. The average Bonchev–Trinajstić information content (AvgIpc) is 2.80. The summed E-state index contributed by atoms with van der Waals surface area (Å²) in [5.41, 5.74) is 8.07. The number of anilines is 2. The van der Waals surface area contributed by atoms with E-state index < -0.39 is 0 Å². The first kappa shape index (κ1) is 18.8. The number of hydrogen-bond acceptors (Lipinski definition) is 5. The van der Waals surface area contributed by atoms with Crippen molar-refractivity contribution in [3.8, 4) is 11.3 Å². The van der Waals surface area contributed by atoms with E-state index >= 15 is 0 Å². The predicted octanol–water partition coefficient (Wildman–Crippen LogP) is 4.84. The minimum atomic E-state index is 0.682. The number of aliphatic imine (C=N–C) groups is 1. The number of pyridine rings is 2. The standard InChI is InChI=1S/C25H27N5/c1-19-13-21(9-10-27-19)24-8-5-20(15-28-24)17-30-18-26-16-22-6-7-23(14-25(22)30)29-11-3-2-4-12-29/h5-10,13-16H,2-4,11-12,17-18H2,1H3. The maximum Gasteiger partial charge on any atom is 0.110 e. The van der Waals surface area contributed by atoms with Gasteiger partial charge in [0, 0.05) is 66.4 Å². The third-order valence-corrected chi connectivity index (χ3v) is 5.95. The zero-order chi connectivity index (χ0) is 20.3. The van der Waals surface area contributed by atoms with E-state index in [0.717, 1.165) is 36.6 Å². The van der Waals surface area contributed by atoms with Crippen LogP contribution in [0.4, 0.5) is 11.4 Å². The highest BCUT2D eigenvalue weighted by Gasteiger charge is 2.18. The Hall–Kier alpha value is -3.21. The van der Waals surface area contributed by atoms with Crippen LogP contribution in [0.1, 0.15) is 36.1 Å². The Morgan fingerprint density at radius 2 is 1.83 bits per heavy atom. The summed E-state index contributed by atoms with van der Waals surface area (Å²) in [6.45, 7) is 5.81. The largest absolute Gasteiger partial charge is 0.371 e. The van der Waals surface area contributed by atoms with Gasteiger partial charge in [0.2, 0.25) is 0 Å². The summed E-state index contributed by atoms with van der Waals surface area (Å²) in [5.74, 6) is 0. The number of nitrogens with zero attached hydrogens (tertiary/aromatic N) is 5. The molecule has 4 heterocycles. The van der Waals surface area contributed by atoms with E-state index in [1.807, 2.05) is 31.6 Å². The predicted molar refractivity (Wildman–Crippen MR) is 123 cm³/mol. The minimum absolute atomic E-state index is 0.682. The van der Waals surface area contributed by atoms with Gasteiger partial charge in [0.25, 0.3) is 0 Å². The quantitative estimate of drug-likeness (QED) is 0.632. The van der Waals surface area contributed by atoms with Crippen LogP contribution in [0.5, 0.6) is 0 Å². The molecule has 5 nitrogen and oxygen atoms in total. The summed E-state index contributed by atoms with van der Waals surface area (Å²) in [5, 5.41) is 0. The van der Waals surface area contributed by atoms with Crippen LogP contribution in [-0.2, 0) is 6.54 Å². The van der Waals surface area contributed by atoms with Crippen molar-refractivity contribution in [1.82, 2.24) is 9.97 Å². The highest BCUT2D eigenvalue weighted by molar-refractivity contribution is 5.91. The Balaban J connectivity index is 1.36. The van der Waals surface area contributed by atoms with Gasteiger partial charge in [0.05, 0.1) is 5.69 Å². The molecule has 0 amide bonds. The molecule has 0 N–H and O–H groups in total. The van der Waals surface area contributed by atoms with Crippen LogP contribution in [-0.4, -0.2) is 35.9 Å². The molecule has 152 valence electrons. The molecule has 0 unspecified atom stereocenters. The van der Waals surface area contributed by atoms with Gasteiger partial charge in [0.1, 0.15) is 6.67 Å². The molecule has 30 heavy (non-hydrogen) atoms. The summed E-state index contributed by atoms with van der Waals surface area (Å²) in [6.07, 6.45) is 9.75. The second kappa shape index (κ2) is 8.27. The van der Waals surface area contributed by atoms with Gasteiger partial charge >= 0.3 is 0 Å². The zero-order valence-electron chi connectivity index (χ0n) is 17.5. The molecule has 0 radical (unpaired) electrons. The van der Waals surface area contributed by atoms with Gasteiger partial charge in [-0.15, -0.1) is 0 Å². The number of rotatable bonds is 4. The van der Waals surface area contributed by atoms with Gasteiger partial charge < -0.3 is 9.80 Å². The van der Waals surface area contributed by atoms with Crippen LogP contribution in [0.15, 0.2) is 59.9 Å². The number of aromatic nitrogens is 2. The highest BCUT2D eigenvalue weighted by Crippen LogP contribution is 2.31. The Labute approximate surface area is 178 Å². The van der Waals surface area contributed by atoms with Crippen LogP contribution < -0.4 is 9.80 Å². The lowest BCUT2D eigenvalue weighted by Crippen LogP contribution is -2.31. The van der Waals surface area contributed by atoms with Crippen molar-refractivity contribution in [2.24, 2.45) is 4.99 Å². The van der Waals surface area contributed by atoms with E-state index in [1.165, 1.54) is 41.8 Å². The van der Waals surface area contributed by atoms with Gasteiger partial charge in [-0.05, 0) is 68.1 Å². The maximum absolute atomic E-state index is 4.70. The van der Waals surface area contributed by atoms with E-state index in [1.54, 1.807) is 0 Å². The summed E-state index contributed by atoms with van der Waals surface area (Å²) in [7, 11) is 0. The number of hydrogen-bond donors (Lipinski definition) is 0. The summed E-state index contributed by atoms with van der Waals surface area (Å²) < 4.78 is 0. The molecule has 0 bridgehead atoms. The lowest BCUT2D eigenvalue weighted by Gasteiger charge is -2.32. The molecule has 1 aromatic carbocycles. The van der Waals surface area contributed by atoms with Crippen molar-refractivity contribution in [3.63, 3.8) is 0 Å². The van der Waals surface area contributed by atoms with E-state index in [-0.39, 0.29) is 0 Å². The van der Waals surface area contributed by atoms with E-state index in [0.29, 0.717) is 6.67 Å². The fraction of sp³-hybridized carbons (Fsp3) is 0.320. The molecule has 0 atom stereocenters. The fourth-order valence-corrected chi connectivity index (χ4v) is 4.33. The van der Waals surface area contributed by atoms with Crippen LogP contribution in [0.25, 0.3) is 11.3 Å². The van der Waals surface area contributed by atoms with Crippen molar-refractivity contribution < 1.29 is 0 Å². The number of fused-ring (bicyclic) bond motifs is 1. The Bertz CT molecular complexity index is 1050. The average molecular weight is 398 g/mol. The lowest BCUT2D eigenvalue weighted by atomic mass is 10.1. The van der Waals surface area contributed by atoms with Crippen molar-refractivity contribution in [1.29, 1.82) is 0 Å². The lowest BCUT2D eigenvalue weighted by molar-refractivity contribution is 0.578. The summed E-state index contributed by atoms with van der Waals surface area (Å²) in [6, 6.07) is 15.1. The van der Waals surface area contributed by atoms with Gasteiger partial charge in [-0.25, -0.2) is 0 Å². The van der Waals surface area contributed by atoms with Crippen molar-refractivity contribution in [2.45, 2.75) is 32.7 Å². The van der Waals surface area contributed by atoms with Gasteiger partial charge in [-0.2, -0.15) is 0 Å². The number of aryl methyl sites for hydroxylation is 1. The molecule has 5 rings (SSSR count). The molecule has 1 saturated heterocycles. The Morgan fingerprint density at radius 3 is 2.63 bits per heavy atom. The van der Waals surface area contributed by atoms with Crippen molar-refractivity contribution >= 4 is 17.6 Å². The second-order valence-corrected chi connectivity index (χ2v) is 8.18. The van der Waals surface area contributed by atoms with Crippen LogP contribution in [0.2, 0.25) is 0 Å². The first-order chi connectivity index (χ1) is 14.8. The topological polar surface area (TPSA) is 44.6 Å². The number of benzene rings is 1. The Kier molecular flexibility index (Phi) is 5.18. The van der Waals surface area contributed by atoms with E-state index in [9.17, 15) is 0 Å². The van der Waals surface area contributed by atoms with Crippen molar-refractivity contribution in [2.75, 3.05) is 29.6 Å². The van der Waals surface area contributed by atoms with Crippen LogP contribution in [0.3, 0.4) is 0 Å². The SMILES string of the molecule is Cc1cc(-c2ccc(CN3CN=Cc4ccc(N5CCCCC5)cc43)cn2)ccn1. The molecular weight excluding hydrogens is 370 g/mol. The molecule has 0 saturated carbocycles. The van der Waals surface area contributed by atoms with Gasteiger partial charge in [-0.3, -0.25) is 15.0 Å². The summed E-state index contributed by atoms with van der Waals surface area (Å²) >= 11 is 0. The third kappa shape index (κ3) is 3.92. The number of piperidine rings is 1. The third-order valence-electron chi connectivity index (χ3n) is 5.95. The second-order valence-electron chi connectivity index (χ2n) is 8.18. The molecule has 1 fully saturated rings. The molecule has 2 aliphatic heterocycles. The van der Waals surface area contributed by atoms with Crippen LogP contribution >= 0.6 is 0 Å². The van der Waals surface area contributed by atoms with E-state index in [2.05, 4.69) is 56.2 Å². The van der Waals surface area contributed by atoms with Gasteiger partial charge in [-0.1, -0.05) is 6.07 Å². The van der Waals surface area contributed by atoms with Crippen LogP contribution in [0, 0.1) is 6.92 Å².